The first-order valence-electron chi connectivity index (χ1n) is 4.80. The van der Waals surface area contributed by atoms with Gasteiger partial charge in [0.15, 0.2) is 0 Å². The highest BCUT2D eigenvalue weighted by molar-refractivity contribution is 7.98. The minimum absolute atomic E-state index is 0.670. The highest BCUT2D eigenvalue weighted by Gasteiger charge is 2.06. The Bertz CT molecular complexity index is 478. The van der Waals surface area contributed by atoms with Gasteiger partial charge in [0.2, 0.25) is 0 Å². The van der Waals surface area contributed by atoms with E-state index in [1.54, 1.807) is 22.6 Å². The second-order valence-electron chi connectivity index (χ2n) is 3.38. The van der Waals surface area contributed by atoms with E-state index >= 15 is 0 Å². The van der Waals surface area contributed by atoms with Gasteiger partial charge in [0.05, 0.1) is 17.6 Å². The maximum Gasteiger partial charge on any atom is 0.135 e. The molecule has 0 bridgehead atoms. The van der Waals surface area contributed by atoms with Crippen LogP contribution in [0.3, 0.4) is 0 Å². The summed E-state index contributed by atoms with van der Waals surface area (Å²) in [4.78, 5) is 1.01. The van der Waals surface area contributed by atoms with Crippen molar-refractivity contribution in [3.8, 4) is 0 Å². The molecule has 16 heavy (non-hydrogen) atoms. The Morgan fingerprint density at radius 3 is 2.62 bits per heavy atom. The molecule has 3 nitrogen and oxygen atoms in total. The summed E-state index contributed by atoms with van der Waals surface area (Å²) < 4.78 is 1.79. The molecule has 0 aliphatic rings. The first-order chi connectivity index (χ1) is 7.70. The van der Waals surface area contributed by atoms with Crippen molar-refractivity contribution in [2.24, 2.45) is 0 Å². The van der Waals surface area contributed by atoms with Gasteiger partial charge in [-0.1, -0.05) is 23.7 Å². The minimum atomic E-state index is 0.670. The summed E-state index contributed by atoms with van der Waals surface area (Å²) in [5, 5.41) is 4.98. The predicted octanol–water partition coefficient (Wildman–Crippen LogP) is 2.89. The van der Waals surface area contributed by atoms with Crippen molar-refractivity contribution in [2.75, 3.05) is 12.0 Å². The summed E-state index contributed by atoms with van der Waals surface area (Å²) in [5.74, 6) is 0.711. The van der Waals surface area contributed by atoms with Gasteiger partial charge in [-0.3, -0.25) is 0 Å². The molecule has 0 saturated carbocycles. The van der Waals surface area contributed by atoms with E-state index in [-0.39, 0.29) is 0 Å². The number of aromatic nitrogens is 2. The molecule has 0 aliphatic heterocycles. The molecular formula is C11H12ClN3S. The number of nitrogens with zero attached hydrogens (tertiary/aromatic N) is 2. The zero-order chi connectivity index (χ0) is 11.5. The van der Waals surface area contributed by atoms with E-state index in [2.05, 4.69) is 5.10 Å². The van der Waals surface area contributed by atoms with Gasteiger partial charge in [0, 0.05) is 5.02 Å². The van der Waals surface area contributed by atoms with Crippen LogP contribution in [0.25, 0.3) is 0 Å². The summed E-state index contributed by atoms with van der Waals surface area (Å²) in [7, 11) is 0. The zero-order valence-electron chi connectivity index (χ0n) is 8.85. The molecule has 0 aliphatic carbocycles. The van der Waals surface area contributed by atoms with Crippen LogP contribution >= 0.6 is 23.4 Å². The molecule has 2 rings (SSSR count). The van der Waals surface area contributed by atoms with E-state index in [9.17, 15) is 0 Å². The van der Waals surface area contributed by atoms with Crippen LogP contribution in [0, 0.1) is 0 Å². The molecule has 84 valence electrons. The standard InChI is InChI=1S/C11H12ClN3S/c1-16-10-6-14-15(11(10)13)7-8-2-4-9(12)5-3-8/h2-6H,7,13H2,1H3. The molecular weight excluding hydrogens is 242 g/mol. The third-order valence-electron chi connectivity index (χ3n) is 2.31. The second kappa shape index (κ2) is 4.80. The predicted molar refractivity (Wildman–Crippen MR) is 69.0 cm³/mol. The van der Waals surface area contributed by atoms with Crippen molar-refractivity contribution in [1.82, 2.24) is 9.78 Å². The lowest BCUT2D eigenvalue weighted by atomic mass is 10.2. The number of anilines is 1. The fourth-order valence-corrected chi connectivity index (χ4v) is 2.02. The topological polar surface area (TPSA) is 43.8 Å². The Balaban J connectivity index is 2.20. The first-order valence-corrected chi connectivity index (χ1v) is 6.40. The highest BCUT2D eigenvalue weighted by Crippen LogP contribution is 2.22. The summed E-state index contributed by atoms with van der Waals surface area (Å²) in [6.45, 7) is 0.670. The van der Waals surface area contributed by atoms with Gasteiger partial charge in [-0.25, -0.2) is 4.68 Å². The summed E-state index contributed by atoms with van der Waals surface area (Å²) >= 11 is 7.42. The fraction of sp³-hybridized carbons (Fsp3) is 0.182. The van der Waals surface area contributed by atoms with Crippen LogP contribution in [0.1, 0.15) is 5.56 Å². The Labute approximate surface area is 104 Å². The molecule has 0 amide bonds. The highest BCUT2D eigenvalue weighted by atomic mass is 35.5. The number of nitrogens with two attached hydrogens (primary N) is 1. The average molecular weight is 254 g/mol. The van der Waals surface area contributed by atoms with Gasteiger partial charge < -0.3 is 5.73 Å². The molecule has 0 atom stereocenters. The lowest BCUT2D eigenvalue weighted by Crippen LogP contribution is -2.05. The maximum absolute atomic E-state index is 5.95. The third kappa shape index (κ3) is 2.33. The van der Waals surface area contributed by atoms with Gasteiger partial charge >= 0.3 is 0 Å². The van der Waals surface area contributed by atoms with Crippen molar-refractivity contribution in [3.05, 3.63) is 41.0 Å². The van der Waals surface area contributed by atoms with Gasteiger partial charge in [0.25, 0.3) is 0 Å². The van der Waals surface area contributed by atoms with Crippen LogP contribution in [0.15, 0.2) is 35.4 Å². The number of benzene rings is 1. The fourth-order valence-electron chi connectivity index (χ4n) is 1.42. The third-order valence-corrected chi connectivity index (χ3v) is 3.32. The van der Waals surface area contributed by atoms with Crippen LogP contribution in [0.4, 0.5) is 5.82 Å². The number of nitrogen functional groups attached to an aromatic ring is 1. The minimum Gasteiger partial charge on any atom is -0.383 e. The Morgan fingerprint density at radius 1 is 1.38 bits per heavy atom. The normalized spacial score (nSPS) is 10.6. The van der Waals surface area contributed by atoms with E-state index in [0.717, 1.165) is 15.5 Å². The van der Waals surface area contributed by atoms with Crippen LogP contribution < -0.4 is 5.73 Å². The van der Waals surface area contributed by atoms with E-state index in [0.29, 0.717) is 12.4 Å². The Kier molecular flexibility index (Phi) is 3.41. The van der Waals surface area contributed by atoms with E-state index < -0.39 is 0 Å². The number of thioether (sulfide) groups is 1. The van der Waals surface area contributed by atoms with Gasteiger partial charge in [0.1, 0.15) is 5.82 Å². The summed E-state index contributed by atoms with van der Waals surface area (Å²) in [5.41, 5.74) is 7.08. The lowest BCUT2D eigenvalue weighted by Gasteiger charge is -2.04. The number of hydrogen-bond acceptors (Lipinski definition) is 3. The quantitative estimate of drug-likeness (QED) is 0.856. The van der Waals surface area contributed by atoms with Crippen LogP contribution in [-0.2, 0) is 6.54 Å². The maximum atomic E-state index is 5.95. The van der Waals surface area contributed by atoms with Crippen molar-refractivity contribution in [1.29, 1.82) is 0 Å². The van der Waals surface area contributed by atoms with E-state index in [4.69, 9.17) is 17.3 Å². The summed E-state index contributed by atoms with van der Waals surface area (Å²) in [6, 6.07) is 7.68. The lowest BCUT2D eigenvalue weighted by molar-refractivity contribution is 0.696. The largest absolute Gasteiger partial charge is 0.383 e. The smallest absolute Gasteiger partial charge is 0.135 e. The average Bonchev–Trinajstić information content (AvgIpc) is 2.63. The Hall–Kier alpha value is -1.13. The van der Waals surface area contributed by atoms with Gasteiger partial charge in [-0.2, -0.15) is 5.10 Å². The zero-order valence-corrected chi connectivity index (χ0v) is 10.4. The SMILES string of the molecule is CSc1cnn(Cc2ccc(Cl)cc2)c1N. The molecule has 1 heterocycles. The molecule has 2 aromatic rings. The van der Waals surface area contributed by atoms with Crippen LogP contribution in [-0.4, -0.2) is 16.0 Å². The number of halogens is 1. The van der Waals surface area contributed by atoms with Crippen LogP contribution in [0.2, 0.25) is 5.02 Å². The molecule has 1 aromatic carbocycles. The first kappa shape index (κ1) is 11.4. The molecule has 0 unspecified atom stereocenters. The molecule has 2 N–H and O–H groups in total. The number of hydrogen-bond donors (Lipinski definition) is 1. The van der Waals surface area contributed by atoms with Crippen molar-refractivity contribution in [2.45, 2.75) is 11.4 Å². The molecule has 0 spiro atoms. The van der Waals surface area contributed by atoms with Crippen molar-refractivity contribution < 1.29 is 0 Å². The molecule has 5 heteroatoms. The van der Waals surface area contributed by atoms with E-state index in [1.807, 2.05) is 30.5 Å². The summed E-state index contributed by atoms with van der Waals surface area (Å²) in [6.07, 6.45) is 3.77. The van der Waals surface area contributed by atoms with Gasteiger partial charge in [-0.15, -0.1) is 11.8 Å². The second-order valence-corrected chi connectivity index (χ2v) is 4.67. The van der Waals surface area contributed by atoms with E-state index in [1.165, 1.54) is 0 Å². The molecule has 0 fully saturated rings. The molecule has 0 radical (unpaired) electrons. The van der Waals surface area contributed by atoms with Crippen molar-refractivity contribution >= 4 is 29.2 Å². The molecule has 1 aromatic heterocycles. The number of rotatable bonds is 3. The molecule has 0 saturated heterocycles. The Morgan fingerprint density at radius 2 is 2.06 bits per heavy atom. The monoisotopic (exact) mass is 253 g/mol. The van der Waals surface area contributed by atoms with Gasteiger partial charge in [-0.05, 0) is 24.0 Å². The van der Waals surface area contributed by atoms with Crippen LogP contribution in [0.5, 0.6) is 0 Å². The van der Waals surface area contributed by atoms with Crippen molar-refractivity contribution in [3.63, 3.8) is 0 Å².